The standard InChI is InChI=1S/C15H14O3/c16-11-8-14(18-15(17)9-11)13-7-3-5-10-4-1-2-6-12(10)13/h1-7,11,14,16H,8-9H2/t11-,14+/m0/s1. The molecule has 1 heterocycles. The summed E-state index contributed by atoms with van der Waals surface area (Å²) >= 11 is 0. The number of esters is 1. The zero-order valence-corrected chi connectivity index (χ0v) is 9.87. The fourth-order valence-corrected chi connectivity index (χ4v) is 2.50. The Kier molecular flexibility index (Phi) is 2.76. The highest BCUT2D eigenvalue weighted by Gasteiger charge is 2.29. The van der Waals surface area contributed by atoms with Crippen LogP contribution in [0, 0.1) is 0 Å². The molecule has 1 N–H and O–H groups in total. The molecule has 0 spiro atoms. The molecule has 1 aliphatic heterocycles. The van der Waals surface area contributed by atoms with E-state index in [4.69, 9.17) is 4.74 Å². The van der Waals surface area contributed by atoms with Crippen LogP contribution in [0.2, 0.25) is 0 Å². The summed E-state index contributed by atoms with van der Waals surface area (Å²) in [6.45, 7) is 0. The second-order valence-corrected chi connectivity index (χ2v) is 4.64. The van der Waals surface area contributed by atoms with Crippen LogP contribution in [0.25, 0.3) is 10.8 Å². The second kappa shape index (κ2) is 4.42. The van der Waals surface area contributed by atoms with Crippen LogP contribution in [-0.2, 0) is 9.53 Å². The average Bonchev–Trinajstić information content (AvgIpc) is 2.37. The first-order valence-corrected chi connectivity index (χ1v) is 6.09. The molecule has 0 amide bonds. The van der Waals surface area contributed by atoms with Crippen molar-refractivity contribution in [1.29, 1.82) is 0 Å². The fourth-order valence-electron chi connectivity index (χ4n) is 2.50. The minimum absolute atomic E-state index is 0.0985. The van der Waals surface area contributed by atoms with E-state index in [1.165, 1.54) is 0 Å². The van der Waals surface area contributed by atoms with Gasteiger partial charge in [0, 0.05) is 12.0 Å². The molecule has 2 aromatic rings. The van der Waals surface area contributed by atoms with Crippen LogP contribution >= 0.6 is 0 Å². The van der Waals surface area contributed by atoms with Gasteiger partial charge in [0.2, 0.25) is 0 Å². The quantitative estimate of drug-likeness (QED) is 0.782. The molecule has 1 aliphatic rings. The number of ether oxygens (including phenoxy) is 1. The van der Waals surface area contributed by atoms with Crippen molar-refractivity contribution in [1.82, 2.24) is 0 Å². The van der Waals surface area contributed by atoms with Gasteiger partial charge < -0.3 is 9.84 Å². The van der Waals surface area contributed by atoms with Gasteiger partial charge >= 0.3 is 5.97 Å². The number of hydrogen-bond donors (Lipinski definition) is 1. The van der Waals surface area contributed by atoms with E-state index < -0.39 is 6.10 Å². The lowest BCUT2D eigenvalue weighted by Crippen LogP contribution is -2.27. The van der Waals surface area contributed by atoms with Crippen LogP contribution in [0.1, 0.15) is 24.5 Å². The number of rotatable bonds is 1. The highest BCUT2D eigenvalue weighted by Crippen LogP contribution is 2.33. The Morgan fingerprint density at radius 2 is 1.89 bits per heavy atom. The van der Waals surface area contributed by atoms with Crippen LogP contribution < -0.4 is 0 Å². The van der Waals surface area contributed by atoms with Gasteiger partial charge in [-0.1, -0.05) is 42.5 Å². The second-order valence-electron chi connectivity index (χ2n) is 4.64. The summed E-state index contributed by atoms with van der Waals surface area (Å²) < 4.78 is 5.35. The Bertz CT molecular complexity index is 586. The van der Waals surface area contributed by atoms with Crippen LogP contribution in [0.5, 0.6) is 0 Å². The van der Waals surface area contributed by atoms with Crippen molar-refractivity contribution in [3.8, 4) is 0 Å². The van der Waals surface area contributed by atoms with E-state index in [2.05, 4.69) is 0 Å². The van der Waals surface area contributed by atoms with Crippen molar-refractivity contribution in [2.45, 2.75) is 25.0 Å². The molecule has 1 saturated heterocycles. The summed E-state index contributed by atoms with van der Waals surface area (Å²) in [7, 11) is 0. The normalized spacial score (nSPS) is 23.9. The Morgan fingerprint density at radius 1 is 1.11 bits per heavy atom. The average molecular weight is 242 g/mol. The molecule has 0 bridgehead atoms. The van der Waals surface area contributed by atoms with Gasteiger partial charge in [0.25, 0.3) is 0 Å². The molecule has 1 fully saturated rings. The lowest BCUT2D eigenvalue weighted by Gasteiger charge is -2.27. The van der Waals surface area contributed by atoms with Gasteiger partial charge in [-0.2, -0.15) is 0 Å². The van der Waals surface area contributed by atoms with Gasteiger partial charge in [-0.15, -0.1) is 0 Å². The monoisotopic (exact) mass is 242 g/mol. The number of cyclic esters (lactones) is 1. The van der Waals surface area contributed by atoms with Gasteiger partial charge in [-0.05, 0) is 10.8 Å². The largest absolute Gasteiger partial charge is 0.457 e. The van der Waals surface area contributed by atoms with E-state index in [9.17, 15) is 9.90 Å². The maximum absolute atomic E-state index is 11.4. The summed E-state index contributed by atoms with van der Waals surface area (Å²) in [4.78, 5) is 11.4. The number of benzene rings is 2. The Labute approximate surface area is 105 Å². The third-order valence-electron chi connectivity index (χ3n) is 3.33. The summed E-state index contributed by atoms with van der Waals surface area (Å²) in [5.41, 5.74) is 0.972. The third kappa shape index (κ3) is 1.97. The van der Waals surface area contributed by atoms with Crippen molar-refractivity contribution < 1.29 is 14.6 Å². The predicted octanol–water partition coefficient (Wildman–Crippen LogP) is 2.58. The van der Waals surface area contributed by atoms with Crippen molar-refractivity contribution in [2.75, 3.05) is 0 Å². The topological polar surface area (TPSA) is 46.5 Å². The van der Waals surface area contributed by atoms with Gasteiger partial charge in [-0.3, -0.25) is 4.79 Å². The van der Waals surface area contributed by atoms with Gasteiger partial charge in [0.05, 0.1) is 12.5 Å². The number of fused-ring (bicyclic) bond motifs is 1. The highest BCUT2D eigenvalue weighted by atomic mass is 16.5. The van der Waals surface area contributed by atoms with Crippen LogP contribution in [0.3, 0.4) is 0 Å². The molecular weight excluding hydrogens is 228 g/mol. The number of aliphatic hydroxyl groups is 1. The van der Waals surface area contributed by atoms with Crippen LogP contribution in [-0.4, -0.2) is 17.2 Å². The first kappa shape index (κ1) is 11.2. The minimum atomic E-state index is -0.602. The molecule has 2 atom stereocenters. The zero-order chi connectivity index (χ0) is 12.5. The fraction of sp³-hybridized carbons (Fsp3) is 0.267. The molecule has 0 aromatic heterocycles. The van der Waals surface area contributed by atoms with E-state index >= 15 is 0 Å². The molecule has 2 aromatic carbocycles. The third-order valence-corrected chi connectivity index (χ3v) is 3.33. The smallest absolute Gasteiger partial charge is 0.309 e. The number of carbonyl (C=O) groups is 1. The van der Waals surface area contributed by atoms with Gasteiger partial charge in [0.15, 0.2) is 0 Å². The Balaban J connectivity index is 2.06. The van der Waals surface area contributed by atoms with E-state index in [1.54, 1.807) is 0 Å². The first-order chi connectivity index (χ1) is 8.74. The number of carbonyl (C=O) groups excluding carboxylic acids is 1. The van der Waals surface area contributed by atoms with Crippen molar-refractivity contribution in [2.24, 2.45) is 0 Å². The Hall–Kier alpha value is -1.87. The molecular formula is C15H14O3. The van der Waals surface area contributed by atoms with E-state index in [-0.39, 0.29) is 18.5 Å². The van der Waals surface area contributed by atoms with Gasteiger partial charge in [-0.25, -0.2) is 0 Å². The van der Waals surface area contributed by atoms with E-state index in [0.717, 1.165) is 16.3 Å². The summed E-state index contributed by atoms with van der Waals surface area (Å²) in [6.07, 6.45) is -0.372. The van der Waals surface area contributed by atoms with Crippen LogP contribution in [0.15, 0.2) is 42.5 Å². The molecule has 0 radical (unpaired) electrons. The molecule has 92 valence electrons. The van der Waals surface area contributed by atoms with Crippen LogP contribution in [0.4, 0.5) is 0 Å². The zero-order valence-electron chi connectivity index (χ0n) is 9.87. The first-order valence-electron chi connectivity index (χ1n) is 6.09. The lowest BCUT2D eigenvalue weighted by molar-refractivity contribution is -0.160. The SMILES string of the molecule is O=C1C[C@@H](O)C[C@H](c2cccc3ccccc23)O1. The molecule has 3 rings (SSSR count). The molecule has 0 unspecified atom stereocenters. The lowest BCUT2D eigenvalue weighted by atomic mass is 9.94. The highest BCUT2D eigenvalue weighted by molar-refractivity contribution is 5.86. The van der Waals surface area contributed by atoms with Crippen molar-refractivity contribution in [3.05, 3.63) is 48.0 Å². The summed E-state index contributed by atoms with van der Waals surface area (Å²) in [5.74, 6) is -0.327. The molecule has 3 nitrogen and oxygen atoms in total. The van der Waals surface area contributed by atoms with E-state index in [1.807, 2.05) is 42.5 Å². The predicted molar refractivity (Wildman–Crippen MR) is 68.0 cm³/mol. The minimum Gasteiger partial charge on any atom is -0.457 e. The number of hydrogen-bond acceptors (Lipinski definition) is 3. The van der Waals surface area contributed by atoms with Gasteiger partial charge in [0.1, 0.15) is 6.10 Å². The summed E-state index contributed by atoms with van der Waals surface area (Å²) in [6, 6.07) is 13.9. The number of aliphatic hydroxyl groups excluding tert-OH is 1. The Morgan fingerprint density at radius 3 is 2.72 bits per heavy atom. The molecule has 18 heavy (non-hydrogen) atoms. The van der Waals surface area contributed by atoms with E-state index in [0.29, 0.717) is 6.42 Å². The molecule has 3 heteroatoms. The van der Waals surface area contributed by atoms with Crippen molar-refractivity contribution >= 4 is 16.7 Å². The maximum atomic E-state index is 11.4. The molecule has 0 saturated carbocycles. The molecule has 0 aliphatic carbocycles. The maximum Gasteiger partial charge on any atom is 0.309 e. The van der Waals surface area contributed by atoms with Crippen molar-refractivity contribution in [3.63, 3.8) is 0 Å². The summed E-state index contributed by atoms with van der Waals surface area (Å²) in [5, 5.41) is 11.9.